The second kappa shape index (κ2) is 5.98. The number of halogens is 5. The topological polar surface area (TPSA) is 46.2 Å². The number of hydrogen-bond acceptors (Lipinski definition) is 2. The van der Waals surface area contributed by atoms with E-state index in [1.165, 1.54) is 24.3 Å². The van der Waals surface area contributed by atoms with Gasteiger partial charge in [-0.05, 0) is 30.3 Å². The highest BCUT2D eigenvalue weighted by atomic mass is 35.5. The van der Waals surface area contributed by atoms with E-state index in [0.717, 1.165) is 12.1 Å². The molecule has 0 aliphatic carbocycles. The number of anilines is 1. The molecule has 0 saturated carbocycles. The van der Waals surface area contributed by atoms with E-state index in [9.17, 15) is 21.6 Å². The van der Waals surface area contributed by atoms with Crippen molar-refractivity contribution in [2.75, 3.05) is 4.72 Å². The fraction of sp³-hybridized carbons (Fsp3) is 0.0769. The van der Waals surface area contributed by atoms with Crippen LogP contribution in [-0.4, -0.2) is 8.42 Å². The third-order valence-corrected chi connectivity index (χ3v) is 4.83. The van der Waals surface area contributed by atoms with Crippen LogP contribution in [0.15, 0.2) is 47.4 Å². The van der Waals surface area contributed by atoms with E-state index >= 15 is 0 Å². The summed E-state index contributed by atoms with van der Waals surface area (Å²) in [4.78, 5) is -0.867. The molecule has 2 aromatic rings. The average Bonchev–Trinajstić information content (AvgIpc) is 2.42. The Morgan fingerprint density at radius 3 is 2.18 bits per heavy atom. The summed E-state index contributed by atoms with van der Waals surface area (Å²) in [7, 11) is -4.43. The molecule has 9 heteroatoms. The minimum Gasteiger partial charge on any atom is -0.280 e. The van der Waals surface area contributed by atoms with E-state index < -0.39 is 26.7 Å². The molecule has 1 N–H and O–H groups in total. The van der Waals surface area contributed by atoms with Crippen LogP contribution in [0.4, 0.5) is 18.9 Å². The highest BCUT2D eigenvalue weighted by Gasteiger charge is 2.36. The summed E-state index contributed by atoms with van der Waals surface area (Å²) < 4.78 is 65.1. The minimum absolute atomic E-state index is 0.00591. The molecule has 0 atom stereocenters. The van der Waals surface area contributed by atoms with Crippen LogP contribution in [0.1, 0.15) is 5.56 Å². The van der Waals surface area contributed by atoms with Gasteiger partial charge in [0.1, 0.15) is 0 Å². The molecule has 22 heavy (non-hydrogen) atoms. The normalized spacial score (nSPS) is 12.2. The van der Waals surface area contributed by atoms with Gasteiger partial charge in [0, 0.05) is 0 Å². The van der Waals surface area contributed by atoms with E-state index in [1.54, 1.807) is 0 Å². The molecule has 0 bridgehead atoms. The van der Waals surface area contributed by atoms with Crippen molar-refractivity contribution >= 4 is 38.9 Å². The molecule has 0 spiro atoms. The molecule has 2 rings (SSSR count). The minimum atomic E-state index is -4.79. The molecule has 0 saturated heterocycles. The lowest BCUT2D eigenvalue weighted by atomic mass is 10.2. The largest absolute Gasteiger partial charge is 0.417 e. The lowest BCUT2D eigenvalue weighted by Gasteiger charge is -2.14. The van der Waals surface area contributed by atoms with Gasteiger partial charge in [0.05, 0.1) is 26.2 Å². The zero-order valence-corrected chi connectivity index (χ0v) is 13.0. The average molecular weight is 370 g/mol. The fourth-order valence-corrected chi connectivity index (χ4v) is 3.28. The van der Waals surface area contributed by atoms with Crippen molar-refractivity contribution in [1.29, 1.82) is 0 Å². The molecule has 0 fully saturated rings. The van der Waals surface area contributed by atoms with Crippen molar-refractivity contribution in [3.8, 4) is 0 Å². The van der Waals surface area contributed by atoms with Crippen LogP contribution in [-0.2, 0) is 16.2 Å². The van der Waals surface area contributed by atoms with Gasteiger partial charge in [-0.3, -0.25) is 4.72 Å². The molecule has 0 heterocycles. The lowest BCUT2D eigenvalue weighted by Crippen LogP contribution is -2.18. The number of sulfonamides is 1. The maximum Gasteiger partial charge on any atom is 0.417 e. The number of nitrogens with one attached hydrogen (secondary N) is 1. The summed E-state index contributed by atoms with van der Waals surface area (Å²) in [6.45, 7) is 0. The highest BCUT2D eigenvalue weighted by molar-refractivity contribution is 7.92. The Morgan fingerprint density at radius 2 is 1.59 bits per heavy atom. The molecule has 0 aromatic heterocycles. The van der Waals surface area contributed by atoms with E-state index in [0.29, 0.717) is 6.07 Å². The molecule has 3 nitrogen and oxygen atoms in total. The van der Waals surface area contributed by atoms with Crippen molar-refractivity contribution in [2.45, 2.75) is 11.1 Å². The smallest absolute Gasteiger partial charge is 0.280 e. The van der Waals surface area contributed by atoms with Crippen molar-refractivity contribution in [2.24, 2.45) is 0 Å². The maximum atomic E-state index is 12.9. The zero-order valence-electron chi connectivity index (χ0n) is 10.7. The van der Waals surface area contributed by atoms with Crippen molar-refractivity contribution < 1.29 is 21.6 Å². The third kappa shape index (κ3) is 3.66. The fourth-order valence-electron chi connectivity index (χ4n) is 1.70. The summed E-state index contributed by atoms with van der Waals surface area (Å²) in [5.74, 6) is 0. The van der Waals surface area contributed by atoms with Gasteiger partial charge in [-0.25, -0.2) is 8.42 Å². The Bertz CT molecular complexity index is 807. The van der Waals surface area contributed by atoms with Gasteiger partial charge in [-0.15, -0.1) is 0 Å². The summed E-state index contributed by atoms with van der Waals surface area (Å²) in [5.41, 5.74) is -1.24. The molecule has 118 valence electrons. The van der Waals surface area contributed by atoms with Crippen molar-refractivity contribution in [3.05, 3.63) is 58.1 Å². The van der Waals surface area contributed by atoms with Crippen LogP contribution >= 0.6 is 23.2 Å². The summed E-state index contributed by atoms with van der Waals surface area (Å²) in [6, 6.07) is 7.72. The molecule has 0 unspecified atom stereocenters. The summed E-state index contributed by atoms with van der Waals surface area (Å²) in [5, 5.41) is 0.270. The SMILES string of the molecule is O=S(=O)(Nc1ccc(Cl)c(Cl)c1)c1ccccc1C(F)(F)F. The Kier molecular flexibility index (Phi) is 4.60. The second-order valence-electron chi connectivity index (χ2n) is 4.23. The second-order valence-corrected chi connectivity index (χ2v) is 6.69. The van der Waals surface area contributed by atoms with Crippen LogP contribution in [0.5, 0.6) is 0 Å². The number of alkyl halides is 3. The maximum absolute atomic E-state index is 12.9. The molecule has 0 aliphatic rings. The molecule has 2 aromatic carbocycles. The van der Waals surface area contributed by atoms with Crippen LogP contribution in [0.25, 0.3) is 0 Å². The quantitative estimate of drug-likeness (QED) is 0.843. The summed E-state index contributed by atoms with van der Waals surface area (Å²) in [6.07, 6.45) is -4.79. The first-order valence-electron chi connectivity index (χ1n) is 5.75. The van der Waals surface area contributed by atoms with Gasteiger partial charge in [-0.1, -0.05) is 35.3 Å². The predicted molar refractivity (Wildman–Crippen MR) is 78.7 cm³/mol. The molecule has 0 radical (unpaired) electrons. The van der Waals surface area contributed by atoms with Gasteiger partial charge in [0.15, 0.2) is 0 Å². The number of hydrogen-bond donors (Lipinski definition) is 1. The number of benzene rings is 2. The first-order valence-corrected chi connectivity index (χ1v) is 7.99. The third-order valence-electron chi connectivity index (χ3n) is 2.65. The molecular weight excluding hydrogens is 362 g/mol. The molecular formula is C13H8Cl2F3NO2S. The van der Waals surface area contributed by atoms with Crippen LogP contribution in [0.2, 0.25) is 10.0 Å². The first-order chi connectivity index (χ1) is 10.1. The Balaban J connectivity index is 2.45. The lowest BCUT2D eigenvalue weighted by molar-refractivity contribution is -0.139. The molecule has 0 amide bonds. The van der Waals surface area contributed by atoms with Gasteiger partial charge >= 0.3 is 6.18 Å². The first kappa shape index (κ1) is 16.9. The Hall–Kier alpha value is -1.44. The van der Waals surface area contributed by atoms with Gasteiger partial charge in [0.2, 0.25) is 0 Å². The van der Waals surface area contributed by atoms with Gasteiger partial charge in [0.25, 0.3) is 10.0 Å². The van der Waals surface area contributed by atoms with Crippen molar-refractivity contribution in [1.82, 2.24) is 0 Å². The predicted octanol–water partition coefficient (Wildman–Crippen LogP) is 4.81. The van der Waals surface area contributed by atoms with Crippen LogP contribution in [0, 0.1) is 0 Å². The van der Waals surface area contributed by atoms with Crippen LogP contribution < -0.4 is 4.72 Å². The van der Waals surface area contributed by atoms with E-state index in [2.05, 4.69) is 0 Å². The molecule has 0 aliphatic heterocycles. The van der Waals surface area contributed by atoms with Crippen molar-refractivity contribution in [3.63, 3.8) is 0 Å². The van der Waals surface area contributed by atoms with E-state index in [4.69, 9.17) is 23.2 Å². The Labute approximate surface area is 134 Å². The van der Waals surface area contributed by atoms with E-state index in [1.807, 2.05) is 4.72 Å². The number of rotatable bonds is 3. The van der Waals surface area contributed by atoms with E-state index in [-0.39, 0.29) is 15.7 Å². The van der Waals surface area contributed by atoms with Gasteiger partial charge in [-0.2, -0.15) is 13.2 Å². The monoisotopic (exact) mass is 369 g/mol. The van der Waals surface area contributed by atoms with Gasteiger partial charge < -0.3 is 0 Å². The summed E-state index contributed by atoms with van der Waals surface area (Å²) >= 11 is 11.4. The Morgan fingerprint density at radius 1 is 0.955 bits per heavy atom. The highest BCUT2D eigenvalue weighted by Crippen LogP contribution is 2.35. The zero-order chi connectivity index (χ0) is 16.5. The standard InChI is InChI=1S/C13H8Cl2F3NO2S/c14-10-6-5-8(7-11(10)15)19-22(20,21)12-4-2-1-3-9(12)13(16,17)18/h1-7,19H. The van der Waals surface area contributed by atoms with Crippen LogP contribution in [0.3, 0.4) is 0 Å².